The minimum Gasteiger partial charge on any atom is -0.494 e. The Hall–Kier alpha value is -1.92. The van der Waals surface area contributed by atoms with E-state index in [4.69, 9.17) is 27.9 Å². The van der Waals surface area contributed by atoms with Crippen molar-refractivity contribution in [3.05, 3.63) is 49.4 Å². The Morgan fingerprint density at radius 1 is 1.27 bits per heavy atom. The smallest absolute Gasteiger partial charge is 0.269 e. The molecule has 1 aliphatic heterocycles. The zero-order chi connectivity index (χ0) is 15.9. The molecular weight excluding hydrogens is 329 g/mol. The SMILES string of the molecule is COc1c(Cl)ccc(Cl)c1C(=O)N1CCc2[nH][nH]c(=O)c2C1. The molecule has 1 aromatic heterocycles. The summed E-state index contributed by atoms with van der Waals surface area (Å²) in [6.45, 7) is 0.699. The first-order valence-corrected chi connectivity index (χ1v) is 7.38. The number of aromatic amines is 2. The maximum atomic E-state index is 12.8. The summed E-state index contributed by atoms with van der Waals surface area (Å²) < 4.78 is 5.21. The number of methoxy groups -OCH3 is 1. The summed E-state index contributed by atoms with van der Waals surface area (Å²) in [6.07, 6.45) is 0.570. The summed E-state index contributed by atoms with van der Waals surface area (Å²) in [4.78, 5) is 26.1. The number of nitrogens with one attached hydrogen (secondary N) is 2. The molecule has 2 N–H and O–H groups in total. The Morgan fingerprint density at radius 3 is 2.73 bits per heavy atom. The molecule has 0 unspecified atom stereocenters. The number of carbonyl (C=O) groups is 1. The zero-order valence-electron chi connectivity index (χ0n) is 11.7. The highest BCUT2D eigenvalue weighted by molar-refractivity contribution is 6.37. The second kappa shape index (κ2) is 5.70. The van der Waals surface area contributed by atoms with Gasteiger partial charge in [-0.15, -0.1) is 0 Å². The molecule has 0 radical (unpaired) electrons. The van der Waals surface area contributed by atoms with Gasteiger partial charge in [0.25, 0.3) is 11.5 Å². The van der Waals surface area contributed by atoms with E-state index in [1.807, 2.05) is 0 Å². The van der Waals surface area contributed by atoms with Crippen molar-refractivity contribution < 1.29 is 9.53 Å². The van der Waals surface area contributed by atoms with Crippen molar-refractivity contribution in [3.8, 4) is 5.75 Å². The number of fused-ring (bicyclic) bond motifs is 1. The van der Waals surface area contributed by atoms with Crippen molar-refractivity contribution in [2.75, 3.05) is 13.7 Å². The van der Waals surface area contributed by atoms with Gasteiger partial charge in [-0.1, -0.05) is 23.2 Å². The van der Waals surface area contributed by atoms with Crippen LogP contribution in [-0.2, 0) is 13.0 Å². The van der Waals surface area contributed by atoms with Crippen LogP contribution in [0.2, 0.25) is 10.0 Å². The molecule has 0 saturated heterocycles. The second-order valence-electron chi connectivity index (χ2n) is 4.95. The molecule has 22 heavy (non-hydrogen) atoms. The lowest BCUT2D eigenvalue weighted by molar-refractivity contribution is 0.0730. The van der Waals surface area contributed by atoms with Crippen molar-refractivity contribution in [3.63, 3.8) is 0 Å². The van der Waals surface area contributed by atoms with Gasteiger partial charge in [0.05, 0.1) is 29.3 Å². The second-order valence-corrected chi connectivity index (χ2v) is 5.76. The first kappa shape index (κ1) is 15.0. The van der Waals surface area contributed by atoms with Crippen LogP contribution in [0.15, 0.2) is 16.9 Å². The predicted molar refractivity (Wildman–Crippen MR) is 82.9 cm³/mol. The third-order valence-corrected chi connectivity index (χ3v) is 4.32. The van der Waals surface area contributed by atoms with Crippen molar-refractivity contribution in [2.45, 2.75) is 13.0 Å². The van der Waals surface area contributed by atoms with Crippen LogP contribution in [0.5, 0.6) is 5.75 Å². The Morgan fingerprint density at radius 2 is 2.00 bits per heavy atom. The monoisotopic (exact) mass is 341 g/mol. The van der Waals surface area contributed by atoms with Gasteiger partial charge < -0.3 is 14.7 Å². The third kappa shape index (κ3) is 2.38. The summed E-state index contributed by atoms with van der Waals surface area (Å²) in [5, 5.41) is 5.93. The van der Waals surface area contributed by atoms with Crippen molar-refractivity contribution >= 4 is 29.1 Å². The van der Waals surface area contributed by atoms with Gasteiger partial charge in [-0.2, -0.15) is 0 Å². The lowest BCUT2D eigenvalue weighted by Crippen LogP contribution is -2.37. The Kier molecular flexibility index (Phi) is 3.88. The van der Waals surface area contributed by atoms with Gasteiger partial charge in [-0.05, 0) is 12.1 Å². The number of benzene rings is 1. The van der Waals surface area contributed by atoms with Crippen LogP contribution in [0.4, 0.5) is 0 Å². The molecule has 6 nitrogen and oxygen atoms in total. The van der Waals surface area contributed by atoms with E-state index in [0.29, 0.717) is 23.6 Å². The summed E-state index contributed by atoms with van der Waals surface area (Å²) >= 11 is 12.2. The molecule has 1 amide bonds. The number of amides is 1. The predicted octanol–water partition coefficient (Wildman–Crippen LogP) is 2.22. The van der Waals surface area contributed by atoms with Gasteiger partial charge in [0.2, 0.25) is 0 Å². The first-order valence-electron chi connectivity index (χ1n) is 6.62. The number of nitrogens with zero attached hydrogens (tertiary/aromatic N) is 1. The highest BCUT2D eigenvalue weighted by atomic mass is 35.5. The van der Waals surface area contributed by atoms with Crippen LogP contribution < -0.4 is 10.3 Å². The van der Waals surface area contributed by atoms with Crippen molar-refractivity contribution in [1.29, 1.82) is 0 Å². The summed E-state index contributed by atoms with van der Waals surface area (Å²) in [5.74, 6) is -0.0662. The van der Waals surface area contributed by atoms with Crippen molar-refractivity contribution in [1.82, 2.24) is 15.1 Å². The van der Waals surface area contributed by atoms with E-state index in [2.05, 4.69) is 10.2 Å². The van der Waals surface area contributed by atoms with E-state index < -0.39 is 0 Å². The van der Waals surface area contributed by atoms with Crippen LogP contribution in [0, 0.1) is 0 Å². The molecule has 0 bridgehead atoms. The number of hydrogen-bond donors (Lipinski definition) is 2. The quantitative estimate of drug-likeness (QED) is 0.878. The lowest BCUT2D eigenvalue weighted by Gasteiger charge is -2.27. The molecule has 2 aromatic rings. The van der Waals surface area contributed by atoms with E-state index in [9.17, 15) is 9.59 Å². The molecule has 8 heteroatoms. The Labute approximate surface area is 136 Å². The maximum absolute atomic E-state index is 12.8. The largest absolute Gasteiger partial charge is 0.494 e. The van der Waals surface area contributed by atoms with E-state index in [0.717, 1.165) is 5.69 Å². The minimum atomic E-state index is -0.310. The molecule has 0 aliphatic carbocycles. The highest BCUT2D eigenvalue weighted by Crippen LogP contribution is 2.35. The fraction of sp³-hybridized carbons (Fsp3) is 0.286. The van der Waals surface area contributed by atoms with E-state index in [-0.39, 0.29) is 34.3 Å². The number of H-pyrrole nitrogens is 2. The fourth-order valence-corrected chi connectivity index (χ4v) is 3.05. The number of halogens is 2. The fourth-order valence-electron chi connectivity index (χ4n) is 2.58. The van der Waals surface area contributed by atoms with Gasteiger partial charge in [-0.25, -0.2) is 0 Å². The summed E-state index contributed by atoms with van der Waals surface area (Å²) in [5.41, 5.74) is 1.40. The number of rotatable bonds is 2. The van der Waals surface area contributed by atoms with Crippen LogP contribution in [-0.4, -0.2) is 34.7 Å². The molecule has 0 fully saturated rings. The summed E-state index contributed by atoms with van der Waals surface area (Å²) in [7, 11) is 1.43. The van der Waals surface area contributed by atoms with Gasteiger partial charge in [-0.3, -0.25) is 14.7 Å². The minimum absolute atomic E-state index is 0.211. The number of aromatic nitrogens is 2. The molecule has 116 valence electrons. The molecule has 2 heterocycles. The molecule has 0 saturated carbocycles. The van der Waals surface area contributed by atoms with Crippen LogP contribution in [0.1, 0.15) is 21.6 Å². The van der Waals surface area contributed by atoms with Crippen LogP contribution in [0.3, 0.4) is 0 Å². The standard InChI is InChI=1S/C14H13Cl2N3O3/c1-22-12-9(16)3-2-8(15)11(12)14(21)19-5-4-10-7(6-19)13(20)18-17-10/h2-3H,4-6H2,1H3,(H2,17,18,20). The molecule has 3 rings (SSSR count). The first-order chi connectivity index (χ1) is 10.5. The number of carbonyl (C=O) groups excluding carboxylic acids is 1. The maximum Gasteiger partial charge on any atom is 0.269 e. The van der Waals surface area contributed by atoms with Crippen LogP contribution >= 0.6 is 23.2 Å². The average molecular weight is 342 g/mol. The van der Waals surface area contributed by atoms with Gasteiger partial charge in [0.15, 0.2) is 5.75 Å². The molecule has 1 aliphatic rings. The van der Waals surface area contributed by atoms with E-state index in [1.165, 1.54) is 7.11 Å². The Balaban J connectivity index is 1.98. The topological polar surface area (TPSA) is 78.2 Å². The molecule has 0 spiro atoms. The third-order valence-electron chi connectivity index (χ3n) is 3.71. The average Bonchev–Trinajstić information content (AvgIpc) is 2.89. The molecule has 0 atom stereocenters. The highest BCUT2D eigenvalue weighted by Gasteiger charge is 2.29. The molecule has 1 aromatic carbocycles. The van der Waals surface area contributed by atoms with Gasteiger partial charge in [0, 0.05) is 18.7 Å². The zero-order valence-corrected chi connectivity index (χ0v) is 13.2. The molecular formula is C14H13Cl2N3O3. The van der Waals surface area contributed by atoms with E-state index in [1.54, 1.807) is 17.0 Å². The normalized spacial score (nSPS) is 13.9. The summed E-state index contributed by atoms with van der Waals surface area (Å²) in [6, 6.07) is 3.13. The number of hydrogen-bond acceptors (Lipinski definition) is 3. The van der Waals surface area contributed by atoms with Gasteiger partial charge in [0.1, 0.15) is 5.56 Å². The Bertz CT molecular complexity index is 797. The van der Waals surface area contributed by atoms with Crippen LogP contribution in [0.25, 0.3) is 0 Å². The number of ether oxygens (including phenoxy) is 1. The lowest BCUT2D eigenvalue weighted by atomic mass is 10.1. The van der Waals surface area contributed by atoms with Crippen molar-refractivity contribution in [2.24, 2.45) is 0 Å². The van der Waals surface area contributed by atoms with Gasteiger partial charge >= 0.3 is 0 Å². The van der Waals surface area contributed by atoms with E-state index >= 15 is 0 Å².